The molecule has 3 rings (SSSR count). The SMILES string of the molecule is O=C(CCCOc1ccc(Cl)cc1)NC(Cc1c[nH]c2ccccc12)C(=O)O. The van der Waals surface area contributed by atoms with Crippen molar-refractivity contribution in [2.75, 3.05) is 6.61 Å². The molecule has 1 heterocycles. The molecule has 7 heteroatoms. The number of rotatable bonds is 9. The fourth-order valence-electron chi connectivity index (χ4n) is 2.94. The van der Waals surface area contributed by atoms with Crippen molar-refractivity contribution in [1.29, 1.82) is 0 Å². The topological polar surface area (TPSA) is 91.4 Å². The first kappa shape index (κ1) is 19.8. The second kappa shape index (κ2) is 9.28. The lowest BCUT2D eigenvalue weighted by atomic mass is 10.0. The highest BCUT2D eigenvalue weighted by Gasteiger charge is 2.21. The van der Waals surface area contributed by atoms with E-state index < -0.39 is 12.0 Å². The zero-order chi connectivity index (χ0) is 19.9. The number of hydrogen-bond donors (Lipinski definition) is 3. The number of carboxylic acid groups (broad SMARTS) is 1. The Labute approximate surface area is 167 Å². The van der Waals surface area contributed by atoms with Crippen molar-refractivity contribution in [3.05, 3.63) is 65.3 Å². The van der Waals surface area contributed by atoms with Crippen LogP contribution in [0.15, 0.2) is 54.7 Å². The van der Waals surface area contributed by atoms with Crippen molar-refractivity contribution in [2.24, 2.45) is 0 Å². The minimum Gasteiger partial charge on any atom is -0.494 e. The van der Waals surface area contributed by atoms with Gasteiger partial charge < -0.3 is 20.1 Å². The van der Waals surface area contributed by atoms with E-state index in [2.05, 4.69) is 10.3 Å². The van der Waals surface area contributed by atoms with Crippen LogP contribution in [0.25, 0.3) is 10.9 Å². The number of halogens is 1. The van der Waals surface area contributed by atoms with Crippen molar-refractivity contribution >= 4 is 34.4 Å². The van der Waals surface area contributed by atoms with E-state index >= 15 is 0 Å². The van der Waals surface area contributed by atoms with E-state index in [1.54, 1.807) is 30.5 Å². The van der Waals surface area contributed by atoms with Gasteiger partial charge in [0.2, 0.25) is 5.91 Å². The van der Waals surface area contributed by atoms with Crippen LogP contribution in [-0.2, 0) is 16.0 Å². The van der Waals surface area contributed by atoms with Gasteiger partial charge in [-0.15, -0.1) is 0 Å². The lowest BCUT2D eigenvalue weighted by molar-refractivity contribution is -0.141. The Morgan fingerprint density at radius 2 is 1.89 bits per heavy atom. The van der Waals surface area contributed by atoms with Gasteiger partial charge in [-0.3, -0.25) is 4.79 Å². The third-order valence-electron chi connectivity index (χ3n) is 4.36. The molecular weight excluding hydrogens is 380 g/mol. The predicted molar refractivity (Wildman–Crippen MR) is 108 cm³/mol. The Morgan fingerprint density at radius 1 is 1.14 bits per heavy atom. The normalized spacial score (nSPS) is 11.9. The van der Waals surface area contributed by atoms with Crippen molar-refractivity contribution < 1.29 is 19.4 Å². The van der Waals surface area contributed by atoms with Gasteiger partial charge in [0.15, 0.2) is 0 Å². The van der Waals surface area contributed by atoms with E-state index in [1.165, 1.54) is 0 Å². The van der Waals surface area contributed by atoms with E-state index in [9.17, 15) is 14.7 Å². The number of carboxylic acids is 1. The molecule has 6 nitrogen and oxygen atoms in total. The summed E-state index contributed by atoms with van der Waals surface area (Å²) in [5, 5.41) is 13.7. The quantitative estimate of drug-likeness (QED) is 0.476. The van der Waals surface area contributed by atoms with Gasteiger partial charge in [0.05, 0.1) is 6.61 Å². The summed E-state index contributed by atoms with van der Waals surface area (Å²) in [6, 6.07) is 13.6. The fraction of sp³-hybridized carbons (Fsp3) is 0.238. The maximum absolute atomic E-state index is 12.2. The lowest BCUT2D eigenvalue weighted by Gasteiger charge is -2.14. The molecule has 0 aliphatic rings. The fourth-order valence-corrected chi connectivity index (χ4v) is 3.07. The second-order valence-corrected chi connectivity index (χ2v) is 6.86. The zero-order valence-electron chi connectivity index (χ0n) is 15.2. The van der Waals surface area contributed by atoms with Crippen LogP contribution >= 0.6 is 11.6 Å². The number of para-hydroxylation sites is 1. The van der Waals surface area contributed by atoms with E-state index in [4.69, 9.17) is 16.3 Å². The molecule has 28 heavy (non-hydrogen) atoms. The molecule has 1 aromatic heterocycles. The van der Waals surface area contributed by atoms with Gasteiger partial charge in [0.25, 0.3) is 0 Å². The van der Waals surface area contributed by atoms with Crippen LogP contribution in [0.1, 0.15) is 18.4 Å². The molecule has 0 saturated heterocycles. The monoisotopic (exact) mass is 400 g/mol. The van der Waals surface area contributed by atoms with Gasteiger partial charge in [0, 0.05) is 35.0 Å². The van der Waals surface area contributed by atoms with Gasteiger partial charge in [-0.1, -0.05) is 29.8 Å². The van der Waals surface area contributed by atoms with Gasteiger partial charge in [0.1, 0.15) is 11.8 Å². The highest BCUT2D eigenvalue weighted by atomic mass is 35.5. The average molecular weight is 401 g/mol. The molecule has 0 aliphatic heterocycles. The summed E-state index contributed by atoms with van der Waals surface area (Å²) in [5.41, 5.74) is 1.79. The third-order valence-corrected chi connectivity index (χ3v) is 4.61. The molecule has 1 unspecified atom stereocenters. The Kier molecular flexibility index (Phi) is 6.55. The van der Waals surface area contributed by atoms with Crippen LogP contribution in [0.4, 0.5) is 0 Å². The van der Waals surface area contributed by atoms with Gasteiger partial charge >= 0.3 is 5.97 Å². The number of benzene rings is 2. The van der Waals surface area contributed by atoms with Crippen LogP contribution in [0.2, 0.25) is 5.02 Å². The largest absolute Gasteiger partial charge is 0.494 e. The summed E-state index contributed by atoms with van der Waals surface area (Å²) in [4.78, 5) is 26.8. The molecule has 3 aromatic rings. The summed E-state index contributed by atoms with van der Waals surface area (Å²) in [6.07, 6.45) is 2.66. The number of nitrogens with one attached hydrogen (secondary N) is 2. The molecule has 2 aromatic carbocycles. The molecule has 0 fully saturated rings. The second-order valence-electron chi connectivity index (χ2n) is 6.43. The molecule has 0 radical (unpaired) electrons. The van der Waals surface area contributed by atoms with Crippen molar-refractivity contribution in [1.82, 2.24) is 10.3 Å². The van der Waals surface area contributed by atoms with Crippen molar-refractivity contribution in [3.8, 4) is 5.75 Å². The first-order valence-corrected chi connectivity index (χ1v) is 9.36. The summed E-state index contributed by atoms with van der Waals surface area (Å²) < 4.78 is 5.54. The smallest absolute Gasteiger partial charge is 0.326 e. The number of hydrogen-bond acceptors (Lipinski definition) is 3. The Balaban J connectivity index is 1.49. The first-order chi connectivity index (χ1) is 13.5. The van der Waals surface area contributed by atoms with E-state index in [1.807, 2.05) is 24.3 Å². The molecule has 1 amide bonds. The zero-order valence-corrected chi connectivity index (χ0v) is 15.9. The van der Waals surface area contributed by atoms with Crippen molar-refractivity contribution in [2.45, 2.75) is 25.3 Å². The maximum atomic E-state index is 12.2. The minimum absolute atomic E-state index is 0.186. The number of aliphatic carboxylic acids is 1. The molecule has 0 spiro atoms. The number of aromatic nitrogens is 1. The van der Waals surface area contributed by atoms with E-state index in [-0.39, 0.29) is 18.7 Å². The summed E-state index contributed by atoms with van der Waals surface area (Å²) >= 11 is 5.81. The van der Waals surface area contributed by atoms with Gasteiger partial charge in [-0.05, 0) is 42.3 Å². The number of amides is 1. The Hall–Kier alpha value is -2.99. The van der Waals surface area contributed by atoms with Crippen LogP contribution in [0, 0.1) is 0 Å². The summed E-state index contributed by atoms with van der Waals surface area (Å²) in [6.45, 7) is 0.356. The van der Waals surface area contributed by atoms with Crippen molar-refractivity contribution in [3.63, 3.8) is 0 Å². The van der Waals surface area contributed by atoms with Crippen LogP contribution < -0.4 is 10.1 Å². The number of aromatic amines is 1. The highest BCUT2D eigenvalue weighted by Crippen LogP contribution is 2.19. The average Bonchev–Trinajstić information content (AvgIpc) is 3.09. The van der Waals surface area contributed by atoms with Crippen LogP contribution in [0.5, 0.6) is 5.75 Å². The lowest BCUT2D eigenvalue weighted by Crippen LogP contribution is -2.42. The van der Waals surface area contributed by atoms with Crippen LogP contribution in [-0.4, -0.2) is 34.6 Å². The number of carbonyl (C=O) groups excluding carboxylic acids is 1. The number of H-pyrrole nitrogens is 1. The number of carbonyl (C=O) groups is 2. The molecule has 1 atom stereocenters. The summed E-state index contributed by atoms with van der Waals surface area (Å²) in [7, 11) is 0. The van der Waals surface area contributed by atoms with E-state index in [0.717, 1.165) is 16.5 Å². The predicted octanol–water partition coefficient (Wildman–Crippen LogP) is 3.79. The third kappa shape index (κ3) is 5.27. The number of ether oxygens (including phenoxy) is 1. The molecular formula is C21H21ClN2O4. The van der Waals surface area contributed by atoms with Crippen LogP contribution in [0.3, 0.4) is 0 Å². The first-order valence-electron chi connectivity index (χ1n) is 8.98. The van der Waals surface area contributed by atoms with Gasteiger partial charge in [-0.25, -0.2) is 4.79 Å². The molecule has 146 valence electrons. The summed E-state index contributed by atoms with van der Waals surface area (Å²) in [5.74, 6) is -0.699. The van der Waals surface area contributed by atoms with E-state index in [0.29, 0.717) is 23.8 Å². The molecule has 3 N–H and O–H groups in total. The highest BCUT2D eigenvalue weighted by molar-refractivity contribution is 6.30. The minimum atomic E-state index is -1.06. The Morgan fingerprint density at radius 3 is 2.64 bits per heavy atom. The number of fused-ring (bicyclic) bond motifs is 1. The molecule has 0 saturated carbocycles. The maximum Gasteiger partial charge on any atom is 0.326 e. The standard InChI is InChI=1S/C21H21ClN2O4/c22-15-7-9-16(10-8-15)28-11-3-6-20(25)24-19(21(26)27)12-14-13-23-18-5-2-1-4-17(14)18/h1-2,4-5,7-10,13,19,23H,3,6,11-12H2,(H,24,25)(H,26,27). The molecule has 0 bridgehead atoms. The van der Waals surface area contributed by atoms with Gasteiger partial charge in [-0.2, -0.15) is 0 Å². The molecule has 0 aliphatic carbocycles. The Bertz CT molecular complexity index is 952.